The summed E-state index contributed by atoms with van der Waals surface area (Å²) in [5.74, 6) is -0.443. The molecule has 0 aliphatic carbocycles. The van der Waals surface area contributed by atoms with Gasteiger partial charge in [-0.15, -0.1) is 0 Å². The van der Waals surface area contributed by atoms with Gasteiger partial charge in [-0.1, -0.05) is 6.07 Å². The summed E-state index contributed by atoms with van der Waals surface area (Å²) < 4.78 is 4.75. The van der Waals surface area contributed by atoms with Crippen molar-refractivity contribution in [1.82, 2.24) is 4.98 Å². The average Bonchev–Trinajstić information content (AvgIpc) is 2.18. The van der Waals surface area contributed by atoms with Crippen molar-refractivity contribution in [2.45, 2.75) is 13.0 Å². The van der Waals surface area contributed by atoms with E-state index in [0.29, 0.717) is 12.3 Å². The topological polar surface area (TPSA) is 65.2 Å². The summed E-state index contributed by atoms with van der Waals surface area (Å²) in [6.45, 7) is 2.07. The molecule has 1 heterocycles. The molecule has 0 aliphatic rings. The molecular formula is C9H12N2O2. The summed E-state index contributed by atoms with van der Waals surface area (Å²) in [6.07, 6.45) is 1.59. The second-order valence-corrected chi connectivity index (χ2v) is 2.48. The lowest BCUT2D eigenvalue weighted by atomic mass is 10.2. The van der Waals surface area contributed by atoms with Gasteiger partial charge in [0.25, 0.3) is 0 Å². The minimum absolute atomic E-state index is 0.333. The Morgan fingerprint density at radius 1 is 1.69 bits per heavy atom. The Balaban J connectivity index is 2.68. The number of ether oxygens (including phenoxy) is 1. The second-order valence-electron chi connectivity index (χ2n) is 2.48. The predicted octanol–water partition coefficient (Wildman–Crippen LogP) is 0.644. The lowest BCUT2D eigenvalue weighted by Crippen LogP contribution is -2.24. The number of aromatic nitrogens is 1. The van der Waals surface area contributed by atoms with Crippen molar-refractivity contribution in [2.24, 2.45) is 5.73 Å². The third-order valence-electron chi connectivity index (χ3n) is 1.55. The monoisotopic (exact) mass is 180 g/mol. The van der Waals surface area contributed by atoms with Crippen molar-refractivity contribution < 1.29 is 9.53 Å². The van der Waals surface area contributed by atoms with Gasteiger partial charge in [0.05, 0.1) is 12.3 Å². The number of nitrogens with two attached hydrogens (primary N) is 1. The van der Waals surface area contributed by atoms with Gasteiger partial charge >= 0.3 is 5.97 Å². The van der Waals surface area contributed by atoms with Crippen LogP contribution in [0.5, 0.6) is 0 Å². The van der Waals surface area contributed by atoms with Crippen molar-refractivity contribution in [1.29, 1.82) is 0 Å². The molecule has 0 saturated carbocycles. The number of hydrogen-bond acceptors (Lipinski definition) is 4. The third-order valence-corrected chi connectivity index (χ3v) is 1.55. The van der Waals surface area contributed by atoms with Crippen LogP contribution in [0.2, 0.25) is 0 Å². The maximum absolute atomic E-state index is 11.2. The summed E-state index contributed by atoms with van der Waals surface area (Å²) in [6, 6.07) is 4.46. The zero-order valence-electron chi connectivity index (χ0n) is 7.43. The molecule has 13 heavy (non-hydrogen) atoms. The molecule has 0 aliphatic heterocycles. The summed E-state index contributed by atoms with van der Waals surface area (Å²) in [5, 5.41) is 0. The molecule has 2 N–H and O–H groups in total. The molecule has 1 rings (SSSR count). The molecule has 0 radical (unpaired) electrons. The highest BCUT2D eigenvalue weighted by Gasteiger charge is 2.17. The first-order valence-corrected chi connectivity index (χ1v) is 4.09. The van der Waals surface area contributed by atoms with E-state index in [-0.39, 0.29) is 0 Å². The molecule has 70 valence electrons. The van der Waals surface area contributed by atoms with Gasteiger partial charge in [-0.25, -0.2) is 4.79 Å². The summed E-state index contributed by atoms with van der Waals surface area (Å²) in [4.78, 5) is 15.1. The SMILES string of the molecule is CCOC(=O)[C@H](N)c1ccccn1. The quantitative estimate of drug-likeness (QED) is 0.693. The van der Waals surface area contributed by atoms with E-state index in [4.69, 9.17) is 10.5 Å². The number of carbonyl (C=O) groups excluding carboxylic acids is 1. The molecule has 4 heteroatoms. The standard InChI is InChI=1S/C9H12N2O2/c1-2-13-9(12)8(10)7-5-3-4-6-11-7/h3-6,8H,2,10H2,1H3/t8-/m1/s1. The second kappa shape index (κ2) is 4.57. The maximum atomic E-state index is 11.2. The fourth-order valence-corrected chi connectivity index (χ4v) is 0.913. The Kier molecular flexibility index (Phi) is 3.40. The van der Waals surface area contributed by atoms with Crippen LogP contribution in [0.3, 0.4) is 0 Å². The van der Waals surface area contributed by atoms with Gasteiger partial charge < -0.3 is 10.5 Å². The molecule has 0 unspecified atom stereocenters. The van der Waals surface area contributed by atoms with Gasteiger partial charge in [0.2, 0.25) is 0 Å². The molecule has 0 aromatic carbocycles. The average molecular weight is 180 g/mol. The van der Waals surface area contributed by atoms with E-state index >= 15 is 0 Å². The van der Waals surface area contributed by atoms with Crippen LogP contribution in [0.25, 0.3) is 0 Å². The number of rotatable bonds is 3. The lowest BCUT2D eigenvalue weighted by Gasteiger charge is -2.08. The van der Waals surface area contributed by atoms with Crippen molar-refractivity contribution in [3.05, 3.63) is 30.1 Å². The van der Waals surface area contributed by atoms with E-state index in [0.717, 1.165) is 0 Å². The molecule has 0 amide bonds. The van der Waals surface area contributed by atoms with Crippen LogP contribution in [0.15, 0.2) is 24.4 Å². The normalized spacial score (nSPS) is 12.2. The van der Waals surface area contributed by atoms with Crippen molar-refractivity contribution >= 4 is 5.97 Å². The smallest absolute Gasteiger partial charge is 0.329 e. The van der Waals surface area contributed by atoms with Crippen LogP contribution in [0.1, 0.15) is 18.7 Å². The highest BCUT2D eigenvalue weighted by Crippen LogP contribution is 2.07. The van der Waals surface area contributed by atoms with Gasteiger partial charge in [-0.3, -0.25) is 4.98 Å². The van der Waals surface area contributed by atoms with Crippen LogP contribution >= 0.6 is 0 Å². The number of hydrogen-bond donors (Lipinski definition) is 1. The van der Waals surface area contributed by atoms with E-state index in [1.54, 1.807) is 31.3 Å². The fraction of sp³-hybridized carbons (Fsp3) is 0.333. The van der Waals surface area contributed by atoms with Crippen LogP contribution < -0.4 is 5.73 Å². The lowest BCUT2D eigenvalue weighted by molar-refractivity contribution is -0.144. The van der Waals surface area contributed by atoms with E-state index in [9.17, 15) is 4.79 Å². The number of pyridine rings is 1. The van der Waals surface area contributed by atoms with E-state index in [1.807, 2.05) is 0 Å². The zero-order valence-corrected chi connectivity index (χ0v) is 7.43. The molecular weight excluding hydrogens is 168 g/mol. The Bertz CT molecular complexity index is 274. The maximum Gasteiger partial charge on any atom is 0.329 e. The van der Waals surface area contributed by atoms with Crippen molar-refractivity contribution in [3.63, 3.8) is 0 Å². The number of nitrogens with zero attached hydrogens (tertiary/aromatic N) is 1. The van der Waals surface area contributed by atoms with E-state index < -0.39 is 12.0 Å². The number of esters is 1. The highest BCUT2D eigenvalue weighted by atomic mass is 16.5. The largest absolute Gasteiger partial charge is 0.465 e. The van der Waals surface area contributed by atoms with Crippen molar-refractivity contribution in [3.8, 4) is 0 Å². The molecule has 4 nitrogen and oxygen atoms in total. The zero-order chi connectivity index (χ0) is 9.68. The summed E-state index contributed by atoms with van der Waals surface area (Å²) in [5.41, 5.74) is 6.12. The molecule has 1 aromatic heterocycles. The minimum Gasteiger partial charge on any atom is -0.465 e. The molecule has 0 saturated heterocycles. The molecule has 1 aromatic rings. The van der Waals surface area contributed by atoms with E-state index in [1.165, 1.54) is 0 Å². The Morgan fingerprint density at radius 3 is 3.00 bits per heavy atom. The molecule has 0 bridgehead atoms. The van der Waals surface area contributed by atoms with Crippen LogP contribution in [-0.2, 0) is 9.53 Å². The molecule has 0 fully saturated rings. The van der Waals surface area contributed by atoms with Gasteiger partial charge in [-0.05, 0) is 19.1 Å². The van der Waals surface area contributed by atoms with Crippen LogP contribution in [-0.4, -0.2) is 17.6 Å². The van der Waals surface area contributed by atoms with Gasteiger partial charge in [-0.2, -0.15) is 0 Å². The first-order valence-electron chi connectivity index (χ1n) is 4.09. The first-order chi connectivity index (χ1) is 6.25. The Labute approximate surface area is 76.7 Å². The van der Waals surface area contributed by atoms with Crippen molar-refractivity contribution in [2.75, 3.05) is 6.61 Å². The third kappa shape index (κ3) is 2.52. The first kappa shape index (κ1) is 9.67. The Morgan fingerprint density at radius 2 is 2.46 bits per heavy atom. The molecule has 0 spiro atoms. The number of carbonyl (C=O) groups is 1. The minimum atomic E-state index is -0.777. The fourth-order valence-electron chi connectivity index (χ4n) is 0.913. The summed E-state index contributed by atoms with van der Waals surface area (Å²) in [7, 11) is 0. The van der Waals surface area contributed by atoms with Gasteiger partial charge in [0.15, 0.2) is 0 Å². The molecule has 1 atom stereocenters. The highest BCUT2D eigenvalue weighted by molar-refractivity contribution is 5.76. The predicted molar refractivity (Wildman–Crippen MR) is 47.8 cm³/mol. The van der Waals surface area contributed by atoms with Gasteiger partial charge in [0, 0.05) is 6.20 Å². The van der Waals surface area contributed by atoms with Crippen LogP contribution in [0.4, 0.5) is 0 Å². The summed E-state index contributed by atoms with van der Waals surface area (Å²) >= 11 is 0. The van der Waals surface area contributed by atoms with E-state index in [2.05, 4.69) is 4.98 Å². The van der Waals surface area contributed by atoms with Gasteiger partial charge in [0.1, 0.15) is 6.04 Å². The van der Waals surface area contributed by atoms with Crippen LogP contribution in [0, 0.1) is 0 Å². The Hall–Kier alpha value is -1.42.